The van der Waals surface area contributed by atoms with Gasteiger partial charge in [-0.05, 0) is 26.7 Å². The van der Waals surface area contributed by atoms with Crippen LogP contribution in [0.25, 0.3) is 0 Å². The molecule has 1 aliphatic heterocycles. The van der Waals surface area contributed by atoms with Gasteiger partial charge >= 0.3 is 9.45 Å². The summed E-state index contributed by atoms with van der Waals surface area (Å²) in [6, 6.07) is 1.26. The monoisotopic (exact) mass is 231 g/mol. The van der Waals surface area contributed by atoms with Crippen LogP contribution in [0.4, 0.5) is 0 Å². The van der Waals surface area contributed by atoms with Crippen LogP contribution in [0.15, 0.2) is 0 Å². The van der Waals surface area contributed by atoms with Gasteiger partial charge in [-0.3, -0.25) is 4.57 Å². The Morgan fingerprint density at radius 2 is 1.53 bits per heavy atom. The molecular weight excluding hydrogens is 206 g/mol. The second kappa shape index (κ2) is 6.63. The third-order valence-corrected chi connectivity index (χ3v) is 5.87. The summed E-state index contributed by atoms with van der Waals surface area (Å²) in [5.41, 5.74) is 0. The number of rotatable bonds is 5. The molecule has 1 heterocycles. The number of hydrogen-bond acceptors (Lipinski definition) is 3. The van der Waals surface area contributed by atoms with Gasteiger partial charge in [-0.25, -0.2) is 0 Å². The first-order valence-corrected chi connectivity index (χ1v) is 7.67. The molecule has 0 amide bonds. The Morgan fingerprint density at radius 1 is 1.07 bits per heavy atom. The molecule has 0 bridgehead atoms. The van der Waals surface area contributed by atoms with Crippen molar-refractivity contribution < 1.29 is 8.85 Å². The quantitative estimate of drug-likeness (QED) is 0.676. The maximum absolute atomic E-state index is 5.81. The number of hydrogen-bond donors (Lipinski definition) is 0. The van der Waals surface area contributed by atoms with E-state index in [2.05, 4.69) is 32.3 Å². The minimum absolute atomic E-state index is 0.628. The van der Waals surface area contributed by atoms with Crippen molar-refractivity contribution in [1.82, 2.24) is 4.57 Å². The zero-order valence-electron chi connectivity index (χ0n) is 10.5. The molecule has 0 aromatic heterocycles. The van der Waals surface area contributed by atoms with Gasteiger partial charge in [0.1, 0.15) is 0 Å². The first kappa shape index (κ1) is 13.2. The lowest BCUT2D eigenvalue weighted by Crippen LogP contribution is -2.55. The molecule has 4 heteroatoms. The van der Waals surface area contributed by atoms with Gasteiger partial charge in [0, 0.05) is 25.3 Å². The maximum Gasteiger partial charge on any atom is 0.411 e. The molecule has 0 aliphatic carbocycles. The van der Waals surface area contributed by atoms with Crippen molar-refractivity contribution in [1.29, 1.82) is 0 Å². The summed E-state index contributed by atoms with van der Waals surface area (Å²) in [7, 11) is -1.60. The van der Waals surface area contributed by atoms with Crippen LogP contribution in [0, 0.1) is 0 Å². The third-order valence-electron chi connectivity index (χ3n) is 3.12. The van der Waals surface area contributed by atoms with E-state index < -0.39 is 9.45 Å². The first-order chi connectivity index (χ1) is 7.20. The molecule has 1 fully saturated rings. The fourth-order valence-corrected chi connectivity index (χ4v) is 4.50. The highest BCUT2D eigenvalue weighted by Gasteiger charge is 2.34. The topological polar surface area (TPSA) is 21.7 Å². The summed E-state index contributed by atoms with van der Waals surface area (Å²) in [6.07, 6.45) is 3.92. The summed E-state index contributed by atoms with van der Waals surface area (Å²) in [5, 5.41) is 0. The largest absolute Gasteiger partial charge is 0.411 e. The molecule has 1 saturated heterocycles. The predicted molar refractivity (Wildman–Crippen MR) is 65.0 cm³/mol. The lowest BCUT2D eigenvalue weighted by atomic mass is 10.0. The summed E-state index contributed by atoms with van der Waals surface area (Å²) in [4.78, 5) is 0. The van der Waals surface area contributed by atoms with E-state index in [1.807, 2.05) is 0 Å². The summed E-state index contributed by atoms with van der Waals surface area (Å²) >= 11 is 0. The lowest BCUT2D eigenvalue weighted by molar-refractivity contribution is 0.0921. The zero-order chi connectivity index (χ0) is 11.3. The molecule has 3 nitrogen and oxygen atoms in total. The fourth-order valence-electron chi connectivity index (χ4n) is 2.36. The van der Waals surface area contributed by atoms with E-state index in [4.69, 9.17) is 8.85 Å². The van der Waals surface area contributed by atoms with E-state index in [0.29, 0.717) is 12.1 Å². The van der Waals surface area contributed by atoms with Gasteiger partial charge in [0.15, 0.2) is 0 Å². The van der Waals surface area contributed by atoms with Gasteiger partial charge in [-0.1, -0.05) is 20.3 Å². The summed E-state index contributed by atoms with van der Waals surface area (Å²) in [6.45, 7) is 10.2. The van der Waals surface area contributed by atoms with Crippen molar-refractivity contribution in [2.45, 2.75) is 59.0 Å². The van der Waals surface area contributed by atoms with Crippen LogP contribution in [-0.2, 0) is 8.85 Å². The smallest absolute Gasteiger partial charge is 0.385 e. The van der Waals surface area contributed by atoms with Crippen LogP contribution in [0.1, 0.15) is 47.0 Å². The van der Waals surface area contributed by atoms with Gasteiger partial charge in [-0.15, -0.1) is 0 Å². The molecule has 2 unspecified atom stereocenters. The van der Waals surface area contributed by atoms with Crippen molar-refractivity contribution in [2.75, 3.05) is 13.2 Å². The second-order valence-electron chi connectivity index (χ2n) is 4.29. The normalized spacial score (nSPS) is 28.6. The van der Waals surface area contributed by atoms with E-state index in [1.165, 1.54) is 19.3 Å². The highest BCUT2D eigenvalue weighted by Crippen LogP contribution is 2.24. The molecule has 1 aliphatic rings. The Morgan fingerprint density at radius 3 is 1.93 bits per heavy atom. The van der Waals surface area contributed by atoms with Crippen molar-refractivity contribution in [3.8, 4) is 0 Å². The van der Waals surface area contributed by atoms with Crippen LogP contribution < -0.4 is 0 Å². The van der Waals surface area contributed by atoms with Crippen LogP contribution in [-0.4, -0.2) is 39.3 Å². The molecule has 15 heavy (non-hydrogen) atoms. The standard InChI is InChI=1S/C11H25NO2Si/c1-5-13-15(14-6-2)12-10(3)8-7-9-11(12)4/h10-11,15H,5-9H2,1-4H3. The molecule has 0 spiro atoms. The average molecular weight is 231 g/mol. The maximum atomic E-state index is 5.81. The Balaban J connectivity index is 2.60. The van der Waals surface area contributed by atoms with E-state index in [9.17, 15) is 0 Å². The minimum Gasteiger partial charge on any atom is -0.385 e. The molecule has 0 radical (unpaired) electrons. The van der Waals surface area contributed by atoms with Crippen molar-refractivity contribution >= 4 is 9.45 Å². The average Bonchev–Trinajstić information content (AvgIpc) is 2.18. The third kappa shape index (κ3) is 3.55. The predicted octanol–water partition coefficient (Wildman–Crippen LogP) is 2.04. The number of nitrogens with zero attached hydrogens (tertiary/aromatic N) is 1. The Labute approximate surface area is 95.7 Å². The molecule has 1 rings (SSSR count). The SMILES string of the molecule is CCO[SiH](OCC)N1C(C)CCCC1C. The second-order valence-corrected chi connectivity index (χ2v) is 6.17. The number of piperidine rings is 1. The van der Waals surface area contributed by atoms with E-state index in [0.717, 1.165) is 13.2 Å². The molecule has 0 aromatic rings. The first-order valence-electron chi connectivity index (χ1n) is 6.21. The summed E-state index contributed by atoms with van der Waals surface area (Å²) < 4.78 is 14.1. The van der Waals surface area contributed by atoms with Crippen LogP contribution in [0.3, 0.4) is 0 Å². The highest BCUT2D eigenvalue weighted by atomic mass is 28.3. The molecule has 90 valence electrons. The Hall–Kier alpha value is 0.0969. The minimum atomic E-state index is -1.60. The molecule has 2 atom stereocenters. The van der Waals surface area contributed by atoms with Crippen LogP contribution >= 0.6 is 0 Å². The molecular formula is C11H25NO2Si. The van der Waals surface area contributed by atoms with Gasteiger partial charge in [-0.2, -0.15) is 0 Å². The van der Waals surface area contributed by atoms with Crippen molar-refractivity contribution in [3.05, 3.63) is 0 Å². The lowest BCUT2D eigenvalue weighted by Gasteiger charge is -2.42. The van der Waals surface area contributed by atoms with Gasteiger partial charge in [0.2, 0.25) is 0 Å². The molecule has 0 aromatic carbocycles. The van der Waals surface area contributed by atoms with E-state index >= 15 is 0 Å². The summed E-state index contributed by atoms with van der Waals surface area (Å²) in [5.74, 6) is 0. The van der Waals surface area contributed by atoms with Crippen molar-refractivity contribution in [3.63, 3.8) is 0 Å². The van der Waals surface area contributed by atoms with E-state index in [1.54, 1.807) is 0 Å². The van der Waals surface area contributed by atoms with Gasteiger partial charge < -0.3 is 8.85 Å². The van der Waals surface area contributed by atoms with Gasteiger partial charge in [0.05, 0.1) is 0 Å². The van der Waals surface area contributed by atoms with Crippen LogP contribution in [0.2, 0.25) is 0 Å². The molecule has 0 saturated carbocycles. The fraction of sp³-hybridized carbons (Fsp3) is 1.00. The van der Waals surface area contributed by atoms with Gasteiger partial charge in [0.25, 0.3) is 0 Å². The Bertz CT molecular complexity index is 164. The highest BCUT2D eigenvalue weighted by molar-refractivity contribution is 6.41. The van der Waals surface area contributed by atoms with Crippen LogP contribution in [0.5, 0.6) is 0 Å². The Kier molecular flexibility index (Phi) is 5.82. The molecule has 0 N–H and O–H groups in total. The zero-order valence-corrected chi connectivity index (χ0v) is 11.7. The van der Waals surface area contributed by atoms with Crippen molar-refractivity contribution in [2.24, 2.45) is 0 Å². The van der Waals surface area contributed by atoms with E-state index in [-0.39, 0.29) is 0 Å².